The number of hydrogen-bond donors (Lipinski definition) is 1. The van der Waals surface area contributed by atoms with E-state index in [4.69, 9.17) is 4.74 Å². The van der Waals surface area contributed by atoms with Gasteiger partial charge in [0, 0.05) is 11.8 Å². The summed E-state index contributed by atoms with van der Waals surface area (Å²) in [6, 6.07) is 17.0. The second kappa shape index (κ2) is 7.77. The van der Waals surface area contributed by atoms with Gasteiger partial charge < -0.3 is 9.94 Å². The Labute approximate surface area is 163 Å². The van der Waals surface area contributed by atoms with Gasteiger partial charge >= 0.3 is 0 Å². The van der Waals surface area contributed by atoms with Gasteiger partial charge in [-0.05, 0) is 55.5 Å². The summed E-state index contributed by atoms with van der Waals surface area (Å²) in [7, 11) is -3.66. The van der Waals surface area contributed by atoms with Crippen molar-refractivity contribution in [1.29, 1.82) is 0 Å². The van der Waals surface area contributed by atoms with Crippen molar-refractivity contribution in [3.05, 3.63) is 88.3 Å². The molecule has 0 fully saturated rings. The fraction of sp³-hybridized carbons (Fsp3) is 0.150. The zero-order valence-electron chi connectivity index (χ0n) is 15.4. The highest BCUT2D eigenvalue weighted by molar-refractivity contribution is 7.92. The molecule has 0 aliphatic rings. The highest BCUT2D eigenvalue weighted by Gasteiger charge is 2.20. The summed E-state index contributed by atoms with van der Waals surface area (Å²) in [6.07, 6.45) is 2.25. The fourth-order valence-corrected chi connectivity index (χ4v) is 3.50. The van der Waals surface area contributed by atoms with Crippen molar-refractivity contribution in [1.82, 2.24) is 4.73 Å². The van der Waals surface area contributed by atoms with Crippen LogP contribution in [0.2, 0.25) is 0 Å². The number of rotatable bonds is 6. The van der Waals surface area contributed by atoms with Crippen LogP contribution in [0.25, 0.3) is 0 Å². The molecule has 0 aliphatic carbocycles. The fourth-order valence-electron chi connectivity index (χ4n) is 2.62. The van der Waals surface area contributed by atoms with Crippen LogP contribution in [-0.2, 0) is 16.6 Å². The zero-order valence-corrected chi connectivity index (χ0v) is 16.3. The lowest BCUT2D eigenvalue weighted by Gasteiger charge is -2.22. The van der Waals surface area contributed by atoms with E-state index in [1.54, 1.807) is 24.3 Å². The van der Waals surface area contributed by atoms with Crippen LogP contribution in [0.5, 0.6) is 11.5 Å². The molecule has 0 saturated heterocycles. The Hall–Kier alpha value is -3.26. The van der Waals surface area contributed by atoms with Crippen LogP contribution < -0.4 is 14.6 Å². The molecule has 2 aromatic carbocycles. The van der Waals surface area contributed by atoms with E-state index in [0.717, 1.165) is 16.1 Å². The maximum Gasteiger partial charge on any atom is 0.287 e. The summed E-state index contributed by atoms with van der Waals surface area (Å²) >= 11 is 0. The lowest BCUT2D eigenvalue weighted by Crippen LogP contribution is -2.33. The third-order valence-corrected chi connectivity index (χ3v) is 5.24. The summed E-state index contributed by atoms with van der Waals surface area (Å²) in [5, 5.41) is 9.50. The molecule has 28 heavy (non-hydrogen) atoms. The summed E-state index contributed by atoms with van der Waals surface area (Å²) in [6.45, 7) is 1.79. The predicted octanol–water partition coefficient (Wildman–Crippen LogP) is 3.15. The van der Waals surface area contributed by atoms with Gasteiger partial charge in [0.1, 0.15) is 11.5 Å². The topological polar surface area (TPSA) is 88.8 Å². The van der Waals surface area contributed by atoms with Gasteiger partial charge in [0.05, 0.1) is 18.5 Å². The van der Waals surface area contributed by atoms with Gasteiger partial charge in [0.15, 0.2) is 0 Å². The van der Waals surface area contributed by atoms with Crippen molar-refractivity contribution in [2.24, 2.45) is 0 Å². The quantitative estimate of drug-likeness (QED) is 0.642. The number of aromatic nitrogens is 1. The standard InChI is InChI=1S/C20H20N2O5S/c1-15-5-9-18(10-6-15)27-19-11-7-17(8-12-19)22(28(2,25)26)14-16-4-3-13-21(24)20(16)23/h3-13,24H,14H2,1-2H3. The van der Waals surface area contributed by atoms with Gasteiger partial charge in [-0.3, -0.25) is 9.10 Å². The monoisotopic (exact) mass is 400 g/mol. The number of aryl methyl sites for hydroxylation is 1. The van der Waals surface area contributed by atoms with E-state index < -0.39 is 15.6 Å². The molecule has 8 heteroatoms. The Kier molecular flexibility index (Phi) is 5.41. The highest BCUT2D eigenvalue weighted by atomic mass is 32.2. The van der Waals surface area contributed by atoms with Crippen molar-refractivity contribution >= 4 is 15.7 Å². The van der Waals surface area contributed by atoms with Crippen LogP contribution >= 0.6 is 0 Å². The number of anilines is 1. The Bertz CT molecular complexity index is 1120. The minimum absolute atomic E-state index is 0.149. The first kappa shape index (κ1) is 19.5. The normalized spacial score (nSPS) is 11.2. The minimum atomic E-state index is -3.66. The molecule has 1 aromatic heterocycles. The van der Waals surface area contributed by atoms with E-state index in [9.17, 15) is 18.4 Å². The van der Waals surface area contributed by atoms with Crippen LogP contribution in [0, 0.1) is 6.92 Å². The van der Waals surface area contributed by atoms with Crippen molar-refractivity contribution in [3.8, 4) is 11.5 Å². The highest BCUT2D eigenvalue weighted by Crippen LogP contribution is 2.26. The Morgan fingerprint density at radius 2 is 1.57 bits per heavy atom. The molecule has 0 aliphatic heterocycles. The number of ether oxygens (including phenoxy) is 1. The molecule has 0 spiro atoms. The van der Waals surface area contributed by atoms with Crippen LogP contribution in [-0.4, -0.2) is 24.6 Å². The number of benzene rings is 2. The summed E-state index contributed by atoms with van der Waals surface area (Å²) < 4.78 is 31.8. The molecule has 0 atom stereocenters. The number of nitrogens with zero attached hydrogens (tertiary/aromatic N) is 2. The molecule has 3 aromatic rings. The molecule has 1 N–H and O–H groups in total. The van der Waals surface area contributed by atoms with Crippen molar-refractivity contribution in [2.75, 3.05) is 10.6 Å². The first-order valence-corrected chi connectivity index (χ1v) is 10.3. The molecule has 7 nitrogen and oxygen atoms in total. The molecule has 0 amide bonds. The average Bonchev–Trinajstić information content (AvgIpc) is 2.65. The van der Waals surface area contributed by atoms with E-state index in [-0.39, 0.29) is 12.1 Å². The number of pyridine rings is 1. The second-order valence-corrected chi connectivity index (χ2v) is 8.27. The smallest absolute Gasteiger partial charge is 0.287 e. The van der Waals surface area contributed by atoms with E-state index in [0.29, 0.717) is 21.9 Å². The minimum Gasteiger partial charge on any atom is -0.457 e. The Morgan fingerprint density at radius 3 is 2.14 bits per heavy atom. The van der Waals surface area contributed by atoms with Gasteiger partial charge in [0.25, 0.3) is 5.56 Å². The first-order chi connectivity index (χ1) is 13.2. The van der Waals surface area contributed by atoms with Crippen molar-refractivity contribution in [3.63, 3.8) is 0 Å². The SMILES string of the molecule is Cc1ccc(Oc2ccc(N(Cc3cccn(O)c3=O)S(C)(=O)=O)cc2)cc1. The molecular formula is C20H20N2O5S. The van der Waals surface area contributed by atoms with Gasteiger partial charge in [-0.15, -0.1) is 0 Å². The van der Waals surface area contributed by atoms with Gasteiger partial charge in [-0.1, -0.05) is 17.7 Å². The summed E-state index contributed by atoms with van der Waals surface area (Å²) in [4.78, 5) is 12.0. The van der Waals surface area contributed by atoms with E-state index in [1.807, 2.05) is 31.2 Å². The molecule has 0 saturated carbocycles. The Balaban J connectivity index is 1.86. The van der Waals surface area contributed by atoms with Crippen molar-refractivity contribution < 1.29 is 18.4 Å². The largest absolute Gasteiger partial charge is 0.457 e. The maximum absolute atomic E-state index is 12.3. The second-order valence-electron chi connectivity index (χ2n) is 6.36. The van der Waals surface area contributed by atoms with Gasteiger partial charge in [-0.2, -0.15) is 4.73 Å². The van der Waals surface area contributed by atoms with Crippen LogP contribution in [0.1, 0.15) is 11.1 Å². The molecule has 0 bridgehead atoms. The van der Waals surface area contributed by atoms with Gasteiger partial charge in [0.2, 0.25) is 10.0 Å². The van der Waals surface area contributed by atoms with Crippen LogP contribution in [0.3, 0.4) is 0 Å². The van der Waals surface area contributed by atoms with E-state index in [2.05, 4.69) is 0 Å². The van der Waals surface area contributed by atoms with E-state index in [1.165, 1.54) is 18.3 Å². The lowest BCUT2D eigenvalue weighted by atomic mass is 10.2. The van der Waals surface area contributed by atoms with Gasteiger partial charge in [-0.25, -0.2) is 8.42 Å². The zero-order chi connectivity index (χ0) is 20.3. The predicted molar refractivity (Wildman–Crippen MR) is 107 cm³/mol. The summed E-state index contributed by atoms with van der Waals surface area (Å²) in [5.41, 5.74) is 0.978. The van der Waals surface area contributed by atoms with Crippen LogP contribution in [0.4, 0.5) is 5.69 Å². The number of hydrogen-bond acceptors (Lipinski definition) is 5. The van der Waals surface area contributed by atoms with Crippen LogP contribution in [0.15, 0.2) is 71.7 Å². The van der Waals surface area contributed by atoms with E-state index >= 15 is 0 Å². The molecule has 0 unspecified atom stereocenters. The molecule has 0 radical (unpaired) electrons. The third kappa shape index (κ3) is 4.52. The molecule has 3 rings (SSSR count). The number of sulfonamides is 1. The molecule has 1 heterocycles. The third-order valence-electron chi connectivity index (χ3n) is 4.10. The lowest BCUT2D eigenvalue weighted by molar-refractivity contribution is 0.174. The molecule has 146 valence electrons. The summed E-state index contributed by atoms with van der Waals surface area (Å²) in [5.74, 6) is 1.23. The van der Waals surface area contributed by atoms with Crippen molar-refractivity contribution in [2.45, 2.75) is 13.5 Å². The Morgan fingerprint density at radius 1 is 1.00 bits per heavy atom. The first-order valence-electron chi connectivity index (χ1n) is 8.46. The molecular weight excluding hydrogens is 380 g/mol. The average molecular weight is 400 g/mol. The maximum atomic E-state index is 12.3.